The van der Waals surface area contributed by atoms with Crippen LogP contribution in [0.2, 0.25) is 0 Å². The molecule has 0 spiro atoms. The highest BCUT2D eigenvalue weighted by Gasteiger charge is 2.27. The number of benzene rings is 2. The van der Waals surface area contributed by atoms with Gasteiger partial charge in [-0.25, -0.2) is 0 Å². The molecular weight excluding hydrogens is 208 g/mol. The Kier molecular flexibility index (Phi) is 2.69. The Hall–Kier alpha value is -1.60. The first-order valence-electron chi connectivity index (χ1n) is 6.10. The Morgan fingerprint density at radius 2 is 1.65 bits per heavy atom. The van der Waals surface area contributed by atoms with E-state index in [9.17, 15) is 0 Å². The van der Waals surface area contributed by atoms with Gasteiger partial charge in [0, 0.05) is 5.92 Å². The fourth-order valence-electron chi connectivity index (χ4n) is 2.62. The van der Waals surface area contributed by atoms with E-state index in [0.717, 1.165) is 6.61 Å². The number of rotatable bonds is 1. The van der Waals surface area contributed by atoms with Crippen molar-refractivity contribution in [2.75, 3.05) is 0 Å². The average molecular weight is 224 g/mol. The van der Waals surface area contributed by atoms with Gasteiger partial charge in [-0.05, 0) is 16.7 Å². The summed E-state index contributed by atoms with van der Waals surface area (Å²) in [6, 6.07) is 19.1. The van der Waals surface area contributed by atoms with E-state index >= 15 is 0 Å². The van der Waals surface area contributed by atoms with Gasteiger partial charge in [0.2, 0.25) is 0 Å². The van der Waals surface area contributed by atoms with Gasteiger partial charge in [0.15, 0.2) is 0 Å². The van der Waals surface area contributed by atoms with Crippen molar-refractivity contribution in [2.45, 2.75) is 25.6 Å². The summed E-state index contributed by atoms with van der Waals surface area (Å²) in [7, 11) is 0. The molecule has 3 rings (SSSR count). The van der Waals surface area contributed by atoms with Crippen LogP contribution in [0.4, 0.5) is 0 Å². The summed E-state index contributed by atoms with van der Waals surface area (Å²) in [5.41, 5.74) is 4.02. The van der Waals surface area contributed by atoms with Gasteiger partial charge >= 0.3 is 0 Å². The molecule has 0 aromatic heterocycles. The van der Waals surface area contributed by atoms with E-state index in [2.05, 4.69) is 55.5 Å². The van der Waals surface area contributed by atoms with Crippen LogP contribution in [0, 0.1) is 0 Å². The zero-order valence-electron chi connectivity index (χ0n) is 9.97. The molecular formula is C16H16O. The van der Waals surface area contributed by atoms with Crippen molar-refractivity contribution < 1.29 is 4.74 Å². The van der Waals surface area contributed by atoms with Crippen molar-refractivity contribution in [3.05, 3.63) is 71.3 Å². The summed E-state index contributed by atoms with van der Waals surface area (Å²) in [5.74, 6) is 0.419. The molecule has 0 amide bonds. The van der Waals surface area contributed by atoms with E-state index in [1.54, 1.807) is 0 Å². The van der Waals surface area contributed by atoms with Gasteiger partial charge in [-0.2, -0.15) is 0 Å². The van der Waals surface area contributed by atoms with Crippen LogP contribution in [0.25, 0.3) is 0 Å². The highest BCUT2D eigenvalue weighted by molar-refractivity contribution is 5.34. The van der Waals surface area contributed by atoms with Crippen LogP contribution in [0.3, 0.4) is 0 Å². The molecule has 1 heterocycles. The lowest BCUT2D eigenvalue weighted by molar-refractivity contribution is 0.0102. The van der Waals surface area contributed by atoms with E-state index in [-0.39, 0.29) is 6.10 Å². The van der Waals surface area contributed by atoms with E-state index in [1.807, 2.05) is 6.07 Å². The first kappa shape index (κ1) is 10.5. The molecule has 1 heteroatoms. The Bertz CT molecular complexity index is 504. The minimum atomic E-state index is 0.186. The molecule has 1 aliphatic rings. The van der Waals surface area contributed by atoms with Crippen LogP contribution in [0.5, 0.6) is 0 Å². The molecule has 86 valence electrons. The largest absolute Gasteiger partial charge is 0.368 e. The smallest absolute Gasteiger partial charge is 0.0895 e. The van der Waals surface area contributed by atoms with Gasteiger partial charge < -0.3 is 4.74 Å². The summed E-state index contributed by atoms with van der Waals surface area (Å²) in [5, 5.41) is 0. The highest BCUT2D eigenvalue weighted by atomic mass is 16.5. The van der Waals surface area contributed by atoms with Crippen molar-refractivity contribution >= 4 is 0 Å². The maximum Gasteiger partial charge on any atom is 0.0895 e. The van der Waals surface area contributed by atoms with Gasteiger partial charge in [0.05, 0.1) is 12.7 Å². The topological polar surface area (TPSA) is 9.23 Å². The summed E-state index contributed by atoms with van der Waals surface area (Å²) < 4.78 is 6.00. The van der Waals surface area contributed by atoms with Crippen molar-refractivity contribution in [3.8, 4) is 0 Å². The Morgan fingerprint density at radius 3 is 2.47 bits per heavy atom. The normalized spacial score (nSPS) is 23.1. The third-order valence-electron chi connectivity index (χ3n) is 3.55. The summed E-state index contributed by atoms with van der Waals surface area (Å²) in [6.45, 7) is 2.97. The van der Waals surface area contributed by atoms with Gasteiger partial charge in [0.1, 0.15) is 0 Å². The molecule has 0 aliphatic carbocycles. The lowest BCUT2D eigenvalue weighted by Crippen LogP contribution is -2.19. The van der Waals surface area contributed by atoms with Crippen LogP contribution in [-0.2, 0) is 11.3 Å². The van der Waals surface area contributed by atoms with Crippen LogP contribution in [0.15, 0.2) is 54.6 Å². The average Bonchev–Trinajstić information content (AvgIpc) is 2.40. The zero-order chi connectivity index (χ0) is 11.7. The fourth-order valence-corrected chi connectivity index (χ4v) is 2.62. The van der Waals surface area contributed by atoms with E-state index in [0.29, 0.717) is 5.92 Å². The van der Waals surface area contributed by atoms with E-state index < -0.39 is 0 Å². The number of fused-ring (bicyclic) bond motifs is 1. The third kappa shape index (κ3) is 1.87. The first-order chi connectivity index (χ1) is 8.36. The summed E-state index contributed by atoms with van der Waals surface area (Å²) in [6.07, 6.45) is 0.186. The molecule has 1 nitrogen and oxygen atoms in total. The Labute approximate surface area is 102 Å². The van der Waals surface area contributed by atoms with Crippen LogP contribution >= 0.6 is 0 Å². The summed E-state index contributed by atoms with van der Waals surface area (Å²) >= 11 is 0. The molecule has 0 fully saturated rings. The number of hydrogen-bond donors (Lipinski definition) is 0. The second-order valence-electron chi connectivity index (χ2n) is 4.63. The lowest BCUT2D eigenvalue weighted by Gasteiger charge is -2.31. The molecule has 17 heavy (non-hydrogen) atoms. The number of hydrogen-bond acceptors (Lipinski definition) is 1. The second-order valence-corrected chi connectivity index (χ2v) is 4.63. The van der Waals surface area contributed by atoms with Gasteiger partial charge in [-0.3, -0.25) is 0 Å². The molecule has 2 aromatic carbocycles. The quantitative estimate of drug-likeness (QED) is 0.709. The van der Waals surface area contributed by atoms with Crippen molar-refractivity contribution in [3.63, 3.8) is 0 Å². The Morgan fingerprint density at radius 1 is 0.941 bits per heavy atom. The second kappa shape index (κ2) is 4.34. The summed E-state index contributed by atoms with van der Waals surface area (Å²) in [4.78, 5) is 0. The van der Waals surface area contributed by atoms with Gasteiger partial charge in [-0.1, -0.05) is 61.5 Å². The maximum absolute atomic E-state index is 6.00. The zero-order valence-corrected chi connectivity index (χ0v) is 9.97. The third-order valence-corrected chi connectivity index (χ3v) is 3.55. The minimum Gasteiger partial charge on any atom is -0.368 e. The lowest BCUT2D eigenvalue weighted by atomic mass is 9.86. The van der Waals surface area contributed by atoms with E-state index in [1.165, 1.54) is 16.7 Å². The molecule has 2 aromatic rings. The van der Waals surface area contributed by atoms with Gasteiger partial charge in [0.25, 0.3) is 0 Å². The molecule has 1 aliphatic heterocycles. The van der Waals surface area contributed by atoms with Crippen molar-refractivity contribution in [1.82, 2.24) is 0 Å². The molecule has 0 N–H and O–H groups in total. The molecule has 0 bridgehead atoms. The molecule has 0 unspecified atom stereocenters. The monoisotopic (exact) mass is 224 g/mol. The van der Waals surface area contributed by atoms with Crippen LogP contribution in [0.1, 0.15) is 35.6 Å². The van der Waals surface area contributed by atoms with Crippen molar-refractivity contribution in [2.24, 2.45) is 0 Å². The standard InChI is InChI=1S/C16H16O/c1-12-15-10-6-5-9-14(15)11-17-16(12)13-7-3-2-4-8-13/h2-10,12,16H,11H2,1H3/t12-,16+/m1/s1. The van der Waals surface area contributed by atoms with Crippen LogP contribution < -0.4 is 0 Å². The molecule has 0 saturated carbocycles. The highest BCUT2D eigenvalue weighted by Crippen LogP contribution is 2.39. The van der Waals surface area contributed by atoms with E-state index in [4.69, 9.17) is 4.74 Å². The number of ether oxygens (including phenoxy) is 1. The molecule has 2 atom stereocenters. The maximum atomic E-state index is 6.00. The molecule has 0 radical (unpaired) electrons. The van der Waals surface area contributed by atoms with Crippen molar-refractivity contribution in [1.29, 1.82) is 0 Å². The predicted octanol–water partition coefficient (Wildman–Crippen LogP) is 4.06. The SMILES string of the molecule is C[C@@H]1c2ccccc2CO[C@@H]1c1ccccc1. The predicted molar refractivity (Wildman–Crippen MR) is 68.8 cm³/mol. The minimum absolute atomic E-state index is 0.186. The van der Waals surface area contributed by atoms with Gasteiger partial charge in [-0.15, -0.1) is 0 Å². The Balaban J connectivity index is 1.97. The first-order valence-corrected chi connectivity index (χ1v) is 6.10. The van der Waals surface area contributed by atoms with Crippen LogP contribution in [-0.4, -0.2) is 0 Å². The fraction of sp³-hybridized carbons (Fsp3) is 0.250. The molecule has 0 saturated heterocycles.